The third-order valence-corrected chi connectivity index (χ3v) is 9.71. The van der Waals surface area contributed by atoms with Gasteiger partial charge in [-0.1, -0.05) is 121 Å². The zero-order chi connectivity index (χ0) is 37.2. The summed E-state index contributed by atoms with van der Waals surface area (Å²) in [5.41, 5.74) is 5.56. The minimum atomic E-state index is -0.651. The van der Waals surface area contributed by atoms with Crippen LogP contribution in [0.2, 0.25) is 0 Å². The van der Waals surface area contributed by atoms with Gasteiger partial charge >= 0.3 is 12.1 Å². The molecule has 5 aromatic rings. The third kappa shape index (κ3) is 10.5. The van der Waals surface area contributed by atoms with E-state index in [2.05, 4.69) is 84.2 Å². The van der Waals surface area contributed by atoms with Crippen LogP contribution in [0.15, 0.2) is 145 Å². The highest BCUT2D eigenvalue weighted by Gasteiger charge is 2.37. The predicted molar refractivity (Wildman–Crippen MR) is 214 cm³/mol. The van der Waals surface area contributed by atoms with Gasteiger partial charge in [-0.2, -0.15) is 0 Å². The van der Waals surface area contributed by atoms with Crippen LogP contribution in [0, 0.1) is 0 Å². The summed E-state index contributed by atoms with van der Waals surface area (Å²) in [4.78, 5) is 30.7. The summed E-state index contributed by atoms with van der Waals surface area (Å²) in [7, 11) is 0. The van der Waals surface area contributed by atoms with Crippen molar-refractivity contribution in [2.45, 2.75) is 70.1 Å². The fourth-order valence-electron chi connectivity index (χ4n) is 5.86. The van der Waals surface area contributed by atoms with E-state index in [0.717, 1.165) is 33.4 Å². The predicted octanol–water partition coefficient (Wildman–Crippen LogP) is 10.5. The quantitative estimate of drug-likeness (QED) is 0.0792. The number of carbonyl (C=O) groups is 2. The van der Waals surface area contributed by atoms with Crippen molar-refractivity contribution in [3.63, 3.8) is 0 Å². The number of hydrogen-bond acceptors (Lipinski definition) is 6. The molecule has 0 aliphatic heterocycles. The lowest BCUT2D eigenvalue weighted by Crippen LogP contribution is -2.42. The Morgan fingerprint density at radius 1 is 0.654 bits per heavy atom. The highest BCUT2D eigenvalue weighted by molar-refractivity contribution is 8.00. The molecule has 1 N–H and O–H groups in total. The van der Waals surface area contributed by atoms with Crippen LogP contribution in [-0.4, -0.2) is 41.3 Å². The zero-order valence-corrected chi connectivity index (χ0v) is 31.7. The van der Waals surface area contributed by atoms with Crippen LogP contribution in [0.5, 0.6) is 0 Å². The number of alkyl carbamates (subject to hydrolysis) is 1. The molecular weight excluding hydrogens is 665 g/mol. The molecule has 1 atom stereocenters. The van der Waals surface area contributed by atoms with Gasteiger partial charge in [-0.3, -0.25) is 4.99 Å². The van der Waals surface area contributed by atoms with E-state index >= 15 is 0 Å². The molecule has 268 valence electrons. The van der Waals surface area contributed by atoms with Gasteiger partial charge in [0.25, 0.3) is 0 Å². The van der Waals surface area contributed by atoms with Crippen LogP contribution in [-0.2, 0) is 20.8 Å². The molecule has 0 saturated heterocycles. The Balaban J connectivity index is 1.42. The van der Waals surface area contributed by atoms with Crippen molar-refractivity contribution in [2.24, 2.45) is 4.99 Å². The second-order valence-electron chi connectivity index (χ2n) is 14.6. The van der Waals surface area contributed by atoms with E-state index < -0.39 is 28.1 Å². The van der Waals surface area contributed by atoms with Crippen molar-refractivity contribution < 1.29 is 19.1 Å². The van der Waals surface area contributed by atoms with Crippen molar-refractivity contribution in [1.82, 2.24) is 5.32 Å². The average molecular weight is 713 g/mol. The molecule has 0 unspecified atom stereocenters. The zero-order valence-electron chi connectivity index (χ0n) is 30.8. The van der Waals surface area contributed by atoms with Gasteiger partial charge in [-0.05, 0) is 93.1 Å². The number of aliphatic imine (C=N–C) groups is 1. The Bertz CT molecular complexity index is 1850. The van der Waals surface area contributed by atoms with Gasteiger partial charge in [0.1, 0.15) is 11.2 Å². The van der Waals surface area contributed by atoms with E-state index in [-0.39, 0.29) is 5.97 Å². The molecule has 0 heterocycles. The molecule has 0 bridgehead atoms. The normalized spacial score (nSPS) is 12.7. The molecule has 5 rings (SSSR count). The lowest BCUT2D eigenvalue weighted by molar-refractivity contribution is 0.00692. The van der Waals surface area contributed by atoms with Crippen molar-refractivity contribution >= 4 is 30.0 Å². The molecule has 7 heteroatoms. The number of thioether (sulfide) groups is 1. The van der Waals surface area contributed by atoms with E-state index in [1.165, 1.54) is 0 Å². The molecule has 1 amide bonds. The van der Waals surface area contributed by atoms with E-state index in [1.807, 2.05) is 102 Å². The molecule has 0 aromatic heterocycles. The lowest BCUT2D eigenvalue weighted by Gasteiger charge is -2.36. The lowest BCUT2D eigenvalue weighted by atomic mass is 9.84. The first kappa shape index (κ1) is 38.1. The van der Waals surface area contributed by atoms with E-state index in [4.69, 9.17) is 14.5 Å². The molecule has 52 heavy (non-hydrogen) atoms. The number of hydrogen-bond donors (Lipinski definition) is 1. The topological polar surface area (TPSA) is 77.0 Å². The van der Waals surface area contributed by atoms with E-state index in [1.54, 1.807) is 17.8 Å². The van der Waals surface area contributed by atoms with Crippen molar-refractivity contribution in [3.05, 3.63) is 167 Å². The highest BCUT2D eigenvalue weighted by atomic mass is 32.2. The van der Waals surface area contributed by atoms with E-state index in [9.17, 15) is 9.59 Å². The summed E-state index contributed by atoms with van der Waals surface area (Å²) in [6.45, 7) is 11.5. The molecule has 0 aliphatic carbocycles. The van der Waals surface area contributed by atoms with Gasteiger partial charge in [0.2, 0.25) is 0 Å². The SMILES string of the molecule is CC(C)(C)OC(=O)N[C@H](C=NCc1cccc(-c2cccc(C(=O)OC(C)(C)C)c2)c1)CSC(c1ccccc1)(c1ccccc1)c1ccccc1. The summed E-state index contributed by atoms with van der Waals surface area (Å²) >= 11 is 1.75. The molecule has 6 nitrogen and oxygen atoms in total. The molecule has 0 saturated carbocycles. The fraction of sp³-hybridized carbons (Fsp3) is 0.267. The number of rotatable bonds is 12. The first-order valence-corrected chi connectivity index (χ1v) is 18.5. The maximum absolute atomic E-state index is 13.2. The Hall–Kier alpha value is -5.14. The monoisotopic (exact) mass is 712 g/mol. The Labute approximate surface area is 312 Å². The summed E-state index contributed by atoms with van der Waals surface area (Å²) in [6.07, 6.45) is 1.32. The number of carbonyl (C=O) groups excluding carboxylic acids is 2. The van der Waals surface area contributed by atoms with Gasteiger partial charge in [-0.25, -0.2) is 9.59 Å². The van der Waals surface area contributed by atoms with Crippen LogP contribution in [0.3, 0.4) is 0 Å². The number of nitrogens with zero attached hydrogens (tertiary/aromatic N) is 1. The Morgan fingerprint density at radius 3 is 1.67 bits per heavy atom. The minimum absolute atomic E-state index is 0.354. The number of esters is 1. The minimum Gasteiger partial charge on any atom is -0.456 e. The number of ether oxygens (including phenoxy) is 2. The fourth-order valence-corrected chi connectivity index (χ4v) is 7.37. The van der Waals surface area contributed by atoms with Crippen molar-refractivity contribution in [3.8, 4) is 11.1 Å². The largest absolute Gasteiger partial charge is 0.456 e. The van der Waals surface area contributed by atoms with Crippen LogP contribution < -0.4 is 5.32 Å². The second-order valence-corrected chi connectivity index (χ2v) is 15.9. The second kappa shape index (κ2) is 16.9. The smallest absolute Gasteiger partial charge is 0.408 e. The van der Waals surface area contributed by atoms with Gasteiger partial charge < -0.3 is 14.8 Å². The highest BCUT2D eigenvalue weighted by Crippen LogP contribution is 2.48. The van der Waals surface area contributed by atoms with Crippen LogP contribution in [0.25, 0.3) is 11.1 Å². The summed E-state index contributed by atoms with van der Waals surface area (Å²) in [6, 6.07) is 46.6. The van der Waals surface area contributed by atoms with E-state index in [0.29, 0.717) is 17.9 Å². The van der Waals surface area contributed by atoms with Crippen LogP contribution in [0.1, 0.15) is 74.2 Å². The van der Waals surface area contributed by atoms with Crippen molar-refractivity contribution in [1.29, 1.82) is 0 Å². The number of benzene rings is 5. The molecule has 0 spiro atoms. The maximum atomic E-state index is 13.2. The standard InChI is InChI=1S/C45H48N2O4S/c1-43(2,3)50-41(48)36-21-17-20-35(29-36)34-19-16-18-33(28-34)30-46-31-40(47-42(49)51-44(4,5)6)32-52-45(37-22-10-7-11-23-37,38-24-12-8-13-25-38)39-26-14-9-15-27-39/h7-29,31,40H,30,32H2,1-6H3,(H,47,49)/t40-/m1/s1. The Morgan fingerprint density at radius 2 is 1.15 bits per heavy atom. The van der Waals surface area contributed by atoms with Gasteiger partial charge in [0.15, 0.2) is 0 Å². The maximum Gasteiger partial charge on any atom is 0.408 e. The first-order chi connectivity index (χ1) is 24.8. The van der Waals surface area contributed by atoms with Gasteiger partial charge in [-0.15, -0.1) is 11.8 Å². The van der Waals surface area contributed by atoms with Crippen LogP contribution in [0.4, 0.5) is 4.79 Å². The molecule has 0 aliphatic rings. The Kier molecular flexibility index (Phi) is 12.4. The first-order valence-electron chi connectivity index (χ1n) is 17.6. The number of amides is 1. The van der Waals surface area contributed by atoms with Gasteiger partial charge in [0, 0.05) is 12.0 Å². The van der Waals surface area contributed by atoms with Gasteiger partial charge in [0.05, 0.1) is 22.9 Å². The molecule has 0 radical (unpaired) electrons. The average Bonchev–Trinajstić information content (AvgIpc) is 3.12. The molecule has 5 aromatic carbocycles. The molecule has 0 fully saturated rings. The summed E-state index contributed by atoms with van der Waals surface area (Å²) in [5.74, 6) is 0.158. The third-order valence-electron chi connectivity index (χ3n) is 8.04. The van der Waals surface area contributed by atoms with Crippen molar-refractivity contribution in [2.75, 3.05) is 5.75 Å². The number of nitrogens with one attached hydrogen (secondary N) is 1. The molecular formula is C45H48N2O4S. The van der Waals surface area contributed by atoms with Crippen LogP contribution >= 0.6 is 11.8 Å². The summed E-state index contributed by atoms with van der Waals surface area (Å²) in [5, 5.41) is 3.08. The summed E-state index contributed by atoms with van der Waals surface area (Å²) < 4.78 is 10.7.